The van der Waals surface area contributed by atoms with Gasteiger partial charge in [0.15, 0.2) is 0 Å². The van der Waals surface area contributed by atoms with E-state index in [2.05, 4.69) is 17.2 Å². The molecule has 1 saturated carbocycles. The zero-order valence-electron chi connectivity index (χ0n) is 10.6. The van der Waals surface area contributed by atoms with E-state index in [1.54, 1.807) is 6.20 Å². The summed E-state index contributed by atoms with van der Waals surface area (Å²) in [7, 11) is 0. The van der Waals surface area contributed by atoms with Crippen LogP contribution in [-0.4, -0.2) is 16.9 Å². The molecule has 3 rings (SSSR count). The van der Waals surface area contributed by atoms with E-state index in [1.165, 1.54) is 6.42 Å². The van der Waals surface area contributed by atoms with Gasteiger partial charge >= 0.3 is 0 Å². The van der Waals surface area contributed by atoms with Crippen molar-refractivity contribution in [1.82, 2.24) is 10.3 Å². The zero-order chi connectivity index (χ0) is 12.5. The highest BCUT2D eigenvalue weighted by molar-refractivity contribution is 6.06. The Morgan fingerprint density at radius 1 is 1.33 bits per heavy atom. The first kappa shape index (κ1) is 11.3. The Bertz CT molecular complexity index is 573. The number of carbonyl (C=O) groups excluding carboxylic acids is 1. The Morgan fingerprint density at radius 2 is 2.17 bits per heavy atom. The maximum atomic E-state index is 12.3. The summed E-state index contributed by atoms with van der Waals surface area (Å²) in [6.45, 7) is 2.25. The van der Waals surface area contributed by atoms with Gasteiger partial charge in [0.25, 0.3) is 5.91 Å². The van der Waals surface area contributed by atoms with Crippen LogP contribution in [0.4, 0.5) is 0 Å². The Kier molecular flexibility index (Phi) is 2.82. The summed E-state index contributed by atoms with van der Waals surface area (Å²) < 4.78 is 0. The predicted octanol–water partition coefficient (Wildman–Crippen LogP) is 3.09. The highest BCUT2D eigenvalue weighted by atomic mass is 16.1. The first-order valence-electron chi connectivity index (χ1n) is 6.61. The van der Waals surface area contributed by atoms with E-state index < -0.39 is 0 Å². The topological polar surface area (TPSA) is 44.9 Å². The van der Waals surface area contributed by atoms with Crippen LogP contribution in [0.2, 0.25) is 0 Å². The lowest BCUT2D eigenvalue weighted by molar-refractivity contribution is 0.0939. The van der Waals surface area contributed by atoms with Crippen LogP contribution >= 0.6 is 0 Å². The van der Waals surface area contributed by atoms with Crippen molar-refractivity contribution in [2.45, 2.75) is 32.2 Å². The average Bonchev–Trinajstić information content (AvgIpc) is 2.95. The summed E-state index contributed by atoms with van der Waals surface area (Å²) in [6, 6.07) is 8.26. The highest BCUT2D eigenvalue weighted by Crippen LogP contribution is 2.25. The molecule has 0 radical (unpaired) electrons. The molecule has 1 amide bonds. The van der Waals surface area contributed by atoms with Gasteiger partial charge in [0.2, 0.25) is 0 Å². The standard InChI is InChI=1S/C15H18N2O/c1-10-6-7-11(8-10)17-15(18)13-9-16-14-5-3-2-4-12(13)14/h2-5,9-11,16H,6-8H2,1H3,(H,17,18). The molecule has 1 aromatic carbocycles. The third-order valence-corrected chi connectivity index (χ3v) is 3.86. The van der Waals surface area contributed by atoms with Crippen LogP contribution in [0.5, 0.6) is 0 Å². The summed E-state index contributed by atoms with van der Waals surface area (Å²) in [6.07, 6.45) is 5.24. The lowest BCUT2D eigenvalue weighted by Crippen LogP contribution is -2.32. The molecule has 0 saturated heterocycles. The van der Waals surface area contributed by atoms with Gasteiger partial charge in [0.05, 0.1) is 5.56 Å². The minimum absolute atomic E-state index is 0.0477. The molecule has 0 aliphatic heterocycles. The molecule has 1 aliphatic carbocycles. The number of aromatic nitrogens is 1. The average molecular weight is 242 g/mol. The SMILES string of the molecule is CC1CCC(NC(=O)c2c[nH]c3ccccc23)C1. The Labute approximate surface area is 107 Å². The quantitative estimate of drug-likeness (QED) is 0.835. The third-order valence-electron chi connectivity index (χ3n) is 3.86. The fourth-order valence-electron chi connectivity index (χ4n) is 2.86. The van der Waals surface area contributed by atoms with Gasteiger partial charge in [-0.05, 0) is 31.2 Å². The molecule has 1 aliphatic rings. The van der Waals surface area contributed by atoms with Crippen molar-refractivity contribution in [3.63, 3.8) is 0 Å². The number of nitrogens with one attached hydrogen (secondary N) is 2. The monoisotopic (exact) mass is 242 g/mol. The van der Waals surface area contributed by atoms with E-state index in [4.69, 9.17) is 0 Å². The molecule has 1 aromatic heterocycles. The second-order valence-electron chi connectivity index (χ2n) is 5.34. The number of aromatic amines is 1. The molecule has 18 heavy (non-hydrogen) atoms. The minimum Gasteiger partial charge on any atom is -0.360 e. The number of H-pyrrole nitrogens is 1. The van der Waals surface area contributed by atoms with Crippen molar-refractivity contribution < 1.29 is 4.79 Å². The van der Waals surface area contributed by atoms with Gasteiger partial charge in [0.1, 0.15) is 0 Å². The van der Waals surface area contributed by atoms with Gasteiger partial charge in [-0.25, -0.2) is 0 Å². The van der Waals surface area contributed by atoms with Crippen molar-refractivity contribution in [3.8, 4) is 0 Å². The fraction of sp³-hybridized carbons (Fsp3) is 0.400. The minimum atomic E-state index is 0.0477. The molecular weight excluding hydrogens is 224 g/mol. The summed E-state index contributed by atoms with van der Waals surface area (Å²) >= 11 is 0. The van der Waals surface area contributed by atoms with Crippen molar-refractivity contribution in [2.75, 3.05) is 0 Å². The Balaban J connectivity index is 1.80. The van der Waals surface area contributed by atoms with Crippen LogP contribution in [0.3, 0.4) is 0 Å². The van der Waals surface area contributed by atoms with Crippen LogP contribution in [-0.2, 0) is 0 Å². The van der Waals surface area contributed by atoms with Crippen molar-refractivity contribution in [2.24, 2.45) is 5.92 Å². The predicted molar refractivity (Wildman–Crippen MR) is 72.6 cm³/mol. The van der Waals surface area contributed by atoms with Gasteiger partial charge in [-0.3, -0.25) is 4.79 Å². The van der Waals surface area contributed by atoms with E-state index >= 15 is 0 Å². The van der Waals surface area contributed by atoms with Crippen LogP contribution in [0.1, 0.15) is 36.5 Å². The lowest BCUT2D eigenvalue weighted by Gasteiger charge is -2.11. The second-order valence-corrected chi connectivity index (χ2v) is 5.34. The maximum Gasteiger partial charge on any atom is 0.253 e. The smallest absolute Gasteiger partial charge is 0.253 e. The van der Waals surface area contributed by atoms with E-state index in [9.17, 15) is 4.79 Å². The molecule has 94 valence electrons. The largest absolute Gasteiger partial charge is 0.360 e. The van der Waals surface area contributed by atoms with Crippen molar-refractivity contribution >= 4 is 16.8 Å². The van der Waals surface area contributed by atoms with E-state index in [0.717, 1.165) is 35.2 Å². The molecule has 2 N–H and O–H groups in total. The van der Waals surface area contributed by atoms with Gasteiger partial charge in [0, 0.05) is 23.1 Å². The Hall–Kier alpha value is -1.77. The number of hydrogen-bond acceptors (Lipinski definition) is 1. The van der Waals surface area contributed by atoms with Crippen LogP contribution < -0.4 is 5.32 Å². The summed E-state index contributed by atoms with van der Waals surface area (Å²) in [5, 5.41) is 4.15. The zero-order valence-corrected chi connectivity index (χ0v) is 10.6. The summed E-state index contributed by atoms with van der Waals surface area (Å²) in [4.78, 5) is 15.4. The van der Waals surface area contributed by atoms with Crippen LogP contribution in [0, 0.1) is 5.92 Å². The number of benzene rings is 1. The van der Waals surface area contributed by atoms with Gasteiger partial charge in [-0.1, -0.05) is 25.1 Å². The van der Waals surface area contributed by atoms with Gasteiger partial charge in [-0.2, -0.15) is 0 Å². The molecule has 2 atom stereocenters. The second kappa shape index (κ2) is 4.48. The number of rotatable bonds is 2. The molecule has 1 fully saturated rings. The summed E-state index contributed by atoms with van der Waals surface area (Å²) in [5.41, 5.74) is 1.77. The maximum absolute atomic E-state index is 12.3. The third kappa shape index (κ3) is 2.01. The molecule has 0 bridgehead atoms. The Morgan fingerprint density at radius 3 is 2.94 bits per heavy atom. The molecule has 2 aromatic rings. The highest BCUT2D eigenvalue weighted by Gasteiger charge is 2.23. The molecule has 3 nitrogen and oxygen atoms in total. The van der Waals surface area contributed by atoms with E-state index in [1.807, 2.05) is 24.3 Å². The molecular formula is C15H18N2O. The van der Waals surface area contributed by atoms with Crippen molar-refractivity contribution in [1.29, 1.82) is 0 Å². The molecule has 1 heterocycles. The van der Waals surface area contributed by atoms with E-state index in [0.29, 0.717) is 6.04 Å². The summed E-state index contributed by atoms with van der Waals surface area (Å²) in [5.74, 6) is 0.782. The van der Waals surface area contributed by atoms with Crippen molar-refractivity contribution in [3.05, 3.63) is 36.0 Å². The fourth-order valence-corrected chi connectivity index (χ4v) is 2.86. The normalized spacial score (nSPS) is 23.4. The molecule has 0 spiro atoms. The number of fused-ring (bicyclic) bond motifs is 1. The van der Waals surface area contributed by atoms with E-state index in [-0.39, 0.29) is 5.91 Å². The first-order valence-corrected chi connectivity index (χ1v) is 6.61. The molecule has 2 unspecified atom stereocenters. The number of para-hydroxylation sites is 1. The number of amides is 1. The van der Waals surface area contributed by atoms with Crippen LogP contribution in [0.15, 0.2) is 30.5 Å². The number of carbonyl (C=O) groups is 1. The van der Waals surface area contributed by atoms with Gasteiger partial charge in [-0.15, -0.1) is 0 Å². The number of hydrogen-bond donors (Lipinski definition) is 2. The first-order chi connectivity index (χ1) is 8.74. The molecule has 3 heteroatoms. The lowest BCUT2D eigenvalue weighted by atomic mass is 10.1. The van der Waals surface area contributed by atoms with Crippen LogP contribution in [0.25, 0.3) is 10.9 Å². The van der Waals surface area contributed by atoms with Gasteiger partial charge < -0.3 is 10.3 Å².